The van der Waals surface area contributed by atoms with E-state index < -0.39 is 5.92 Å². The highest BCUT2D eigenvalue weighted by molar-refractivity contribution is 5.85. The molecule has 1 saturated heterocycles. The fourth-order valence-electron chi connectivity index (χ4n) is 2.52. The quantitative estimate of drug-likeness (QED) is 0.869. The molecule has 1 aromatic rings. The summed E-state index contributed by atoms with van der Waals surface area (Å²) >= 11 is 0. The molecule has 1 aromatic carbocycles. The average molecular weight is 288 g/mol. The standard InChI is InChI=1S/C14H18FNO2.ClH/c1-18-14(17)13(12-7-2-3-8-16-12)10-5-4-6-11(15)9-10;/h4-6,9,12-13,16H,2-3,7-8H2,1H3;1H/t12-,13-;/m0./s1. The molecule has 0 aliphatic carbocycles. The minimum Gasteiger partial charge on any atom is -0.469 e. The van der Waals surface area contributed by atoms with Crippen LogP contribution in [0.3, 0.4) is 0 Å². The van der Waals surface area contributed by atoms with Gasteiger partial charge < -0.3 is 10.1 Å². The summed E-state index contributed by atoms with van der Waals surface area (Å²) in [5, 5.41) is 3.33. The maximum atomic E-state index is 13.3. The van der Waals surface area contributed by atoms with Crippen LogP contribution in [0.25, 0.3) is 0 Å². The number of carbonyl (C=O) groups is 1. The number of carbonyl (C=O) groups excluding carboxylic acids is 1. The van der Waals surface area contributed by atoms with E-state index in [-0.39, 0.29) is 30.2 Å². The zero-order chi connectivity index (χ0) is 13.0. The first-order valence-electron chi connectivity index (χ1n) is 6.29. The highest BCUT2D eigenvalue weighted by Crippen LogP contribution is 2.27. The molecule has 5 heteroatoms. The molecule has 0 radical (unpaired) electrons. The van der Waals surface area contributed by atoms with Gasteiger partial charge in [-0.2, -0.15) is 0 Å². The van der Waals surface area contributed by atoms with Crippen molar-refractivity contribution in [2.75, 3.05) is 13.7 Å². The van der Waals surface area contributed by atoms with Gasteiger partial charge in [-0.3, -0.25) is 4.79 Å². The Labute approximate surface area is 118 Å². The van der Waals surface area contributed by atoms with Crippen LogP contribution in [0.4, 0.5) is 4.39 Å². The van der Waals surface area contributed by atoms with Crippen LogP contribution in [0.1, 0.15) is 30.7 Å². The molecule has 1 aliphatic heterocycles. The molecule has 1 heterocycles. The molecule has 0 amide bonds. The van der Waals surface area contributed by atoms with Crippen LogP contribution in [0, 0.1) is 5.82 Å². The van der Waals surface area contributed by atoms with Crippen LogP contribution in [-0.2, 0) is 9.53 Å². The van der Waals surface area contributed by atoms with Gasteiger partial charge in [-0.15, -0.1) is 12.4 Å². The number of ether oxygens (including phenoxy) is 1. The second kappa shape index (κ2) is 7.46. The van der Waals surface area contributed by atoms with Gasteiger partial charge >= 0.3 is 5.97 Å². The van der Waals surface area contributed by atoms with Gasteiger partial charge in [0.1, 0.15) is 5.82 Å². The third kappa shape index (κ3) is 3.91. The molecule has 0 spiro atoms. The van der Waals surface area contributed by atoms with Gasteiger partial charge in [0, 0.05) is 6.04 Å². The number of hydrogen-bond acceptors (Lipinski definition) is 3. The fourth-order valence-corrected chi connectivity index (χ4v) is 2.52. The molecule has 0 unspecified atom stereocenters. The van der Waals surface area contributed by atoms with Crippen LogP contribution < -0.4 is 5.32 Å². The van der Waals surface area contributed by atoms with Gasteiger partial charge in [0.05, 0.1) is 13.0 Å². The van der Waals surface area contributed by atoms with Crippen molar-refractivity contribution in [1.82, 2.24) is 5.32 Å². The second-order valence-electron chi connectivity index (χ2n) is 4.61. The van der Waals surface area contributed by atoms with E-state index >= 15 is 0 Å². The number of rotatable bonds is 3. The molecule has 106 valence electrons. The second-order valence-corrected chi connectivity index (χ2v) is 4.61. The summed E-state index contributed by atoms with van der Waals surface area (Å²) in [5.74, 6) is -1.05. The molecule has 0 bridgehead atoms. The van der Waals surface area contributed by atoms with Crippen LogP contribution >= 0.6 is 12.4 Å². The van der Waals surface area contributed by atoms with Crippen LogP contribution in [-0.4, -0.2) is 25.7 Å². The minimum absolute atomic E-state index is 0. The third-order valence-electron chi connectivity index (χ3n) is 3.41. The first-order valence-corrected chi connectivity index (χ1v) is 6.29. The smallest absolute Gasteiger partial charge is 0.314 e. The topological polar surface area (TPSA) is 38.3 Å². The molecule has 0 aromatic heterocycles. The first kappa shape index (κ1) is 15.9. The van der Waals surface area contributed by atoms with Gasteiger partial charge in [-0.05, 0) is 37.1 Å². The molecule has 1 N–H and O–H groups in total. The summed E-state index contributed by atoms with van der Waals surface area (Å²) in [5.41, 5.74) is 0.682. The molecule has 2 atom stereocenters. The van der Waals surface area contributed by atoms with Crippen molar-refractivity contribution < 1.29 is 13.9 Å². The van der Waals surface area contributed by atoms with E-state index in [1.54, 1.807) is 12.1 Å². The number of esters is 1. The number of nitrogens with one attached hydrogen (secondary N) is 1. The molecular weight excluding hydrogens is 269 g/mol. The Hall–Kier alpha value is -1.13. The van der Waals surface area contributed by atoms with Crippen LogP contribution in [0.2, 0.25) is 0 Å². The van der Waals surface area contributed by atoms with E-state index in [9.17, 15) is 9.18 Å². The van der Waals surface area contributed by atoms with Gasteiger partial charge in [0.25, 0.3) is 0 Å². The van der Waals surface area contributed by atoms with Crippen molar-refractivity contribution in [3.8, 4) is 0 Å². The molecule has 19 heavy (non-hydrogen) atoms. The average Bonchev–Trinajstić information content (AvgIpc) is 2.40. The highest BCUT2D eigenvalue weighted by atomic mass is 35.5. The molecule has 2 rings (SSSR count). The van der Waals surface area contributed by atoms with Gasteiger partial charge in [0.2, 0.25) is 0 Å². The normalized spacial score (nSPS) is 20.2. The van der Waals surface area contributed by atoms with Crippen molar-refractivity contribution >= 4 is 18.4 Å². The van der Waals surface area contributed by atoms with Crippen molar-refractivity contribution in [2.24, 2.45) is 0 Å². The predicted molar refractivity (Wildman–Crippen MR) is 74.0 cm³/mol. The zero-order valence-electron chi connectivity index (χ0n) is 10.9. The maximum absolute atomic E-state index is 13.3. The number of halogens is 2. The lowest BCUT2D eigenvalue weighted by Gasteiger charge is -2.30. The van der Waals surface area contributed by atoms with E-state index in [0.717, 1.165) is 25.8 Å². The Morgan fingerprint density at radius 2 is 2.26 bits per heavy atom. The number of piperidine rings is 1. The van der Waals surface area contributed by atoms with Crippen molar-refractivity contribution in [3.63, 3.8) is 0 Å². The summed E-state index contributed by atoms with van der Waals surface area (Å²) in [7, 11) is 1.37. The maximum Gasteiger partial charge on any atom is 0.314 e. The molecule has 1 fully saturated rings. The highest BCUT2D eigenvalue weighted by Gasteiger charge is 2.31. The minimum atomic E-state index is -0.425. The zero-order valence-corrected chi connectivity index (χ0v) is 11.7. The lowest BCUT2D eigenvalue weighted by atomic mass is 9.86. The van der Waals surface area contributed by atoms with Gasteiger partial charge in [-0.1, -0.05) is 18.6 Å². The van der Waals surface area contributed by atoms with Crippen molar-refractivity contribution in [2.45, 2.75) is 31.2 Å². The van der Waals surface area contributed by atoms with E-state index in [0.29, 0.717) is 5.56 Å². The summed E-state index contributed by atoms with van der Waals surface area (Å²) < 4.78 is 18.1. The molecule has 3 nitrogen and oxygen atoms in total. The Balaban J connectivity index is 0.00000180. The van der Waals surface area contributed by atoms with Crippen molar-refractivity contribution in [3.05, 3.63) is 35.6 Å². The summed E-state index contributed by atoms with van der Waals surface area (Å²) in [6.45, 7) is 0.896. The SMILES string of the molecule is COC(=O)[C@@H](c1cccc(F)c1)[C@@H]1CCCCN1.Cl. The monoisotopic (exact) mass is 287 g/mol. The largest absolute Gasteiger partial charge is 0.469 e. The van der Waals surface area contributed by atoms with Gasteiger partial charge in [0.15, 0.2) is 0 Å². The number of methoxy groups -OCH3 is 1. The first-order chi connectivity index (χ1) is 8.72. The Morgan fingerprint density at radius 3 is 2.84 bits per heavy atom. The van der Waals surface area contributed by atoms with Crippen LogP contribution in [0.5, 0.6) is 0 Å². The molecular formula is C14H19ClFNO2. The Kier molecular flexibility index (Phi) is 6.25. The number of hydrogen-bond donors (Lipinski definition) is 1. The Bertz CT molecular complexity index is 422. The van der Waals surface area contributed by atoms with Gasteiger partial charge in [-0.25, -0.2) is 4.39 Å². The summed E-state index contributed by atoms with van der Waals surface area (Å²) in [6, 6.07) is 6.24. The molecule has 1 aliphatic rings. The summed E-state index contributed by atoms with van der Waals surface area (Å²) in [4.78, 5) is 11.9. The lowest BCUT2D eigenvalue weighted by Crippen LogP contribution is -2.42. The Morgan fingerprint density at radius 1 is 1.47 bits per heavy atom. The number of benzene rings is 1. The van der Waals surface area contributed by atoms with Crippen molar-refractivity contribution in [1.29, 1.82) is 0 Å². The third-order valence-corrected chi connectivity index (χ3v) is 3.41. The fraction of sp³-hybridized carbons (Fsp3) is 0.500. The van der Waals surface area contributed by atoms with E-state index in [2.05, 4.69) is 5.32 Å². The van der Waals surface area contributed by atoms with E-state index in [1.807, 2.05) is 0 Å². The predicted octanol–water partition coefficient (Wildman–Crippen LogP) is 2.65. The van der Waals surface area contributed by atoms with Crippen LogP contribution in [0.15, 0.2) is 24.3 Å². The molecule has 0 saturated carbocycles. The van der Waals surface area contributed by atoms with E-state index in [1.165, 1.54) is 19.2 Å². The lowest BCUT2D eigenvalue weighted by molar-refractivity contribution is -0.143. The summed E-state index contributed by atoms with van der Waals surface area (Å²) in [6.07, 6.45) is 3.12. The van der Waals surface area contributed by atoms with E-state index in [4.69, 9.17) is 4.74 Å².